The molecule has 0 radical (unpaired) electrons. The van der Waals surface area contributed by atoms with Gasteiger partial charge in [0, 0.05) is 13.1 Å². The minimum Gasteiger partial charge on any atom is -0.388 e. The van der Waals surface area contributed by atoms with Gasteiger partial charge in [0.05, 0.1) is 6.10 Å². The van der Waals surface area contributed by atoms with Crippen LogP contribution < -0.4 is 0 Å². The highest BCUT2D eigenvalue weighted by molar-refractivity contribution is 5.29. The number of aryl methyl sites for hydroxylation is 2. The molecule has 18 heavy (non-hydrogen) atoms. The third-order valence-electron chi connectivity index (χ3n) is 3.09. The van der Waals surface area contributed by atoms with Crippen LogP contribution in [0.1, 0.15) is 43.1 Å². The van der Waals surface area contributed by atoms with Crippen molar-refractivity contribution in [1.29, 1.82) is 0 Å². The van der Waals surface area contributed by atoms with E-state index in [1.165, 1.54) is 11.1 Å². The van der Waals surface area contributed by atoms with Gasteiger partial charge < -0.3 is 10.0 Å². The molecule has 102 valence electrons. The fourth-order valence-electron chi connectivity index (χ4n) is 2.43. The summed E-state index contributed by atoms with van der Waals surface area (Å²) in [5.41, 5.74) is 3.49. The summed E-state index contributed by atoms with van der Waals surface area (Å²) >= 11 is 0. The summed E-state index contributed by atoms with van der Waals surface area (Å²) in [4.78, 5) is 2.29. The summed E-state index contributed by atoms with van der Waals surface area (Å²) in [6.45, 7) is 10.6. The van der Waals surface area contributed by atoms with Crippen LogP contribution in [0.2, 0.25) is 0 Å². The van der Waals surface area contributed by atoms with Gasteiger partial charge in [0.15, 0.2) is 0 Å². The summed E-state index contributed by atoms with van der Waals surface area (Å²) in [6, 6.07) is 6.31. The lowest BCUT2D eigenvalue weighted by Gasteiger charge is -2.21. The van der Waals surface area contributed by atoms with Crippen LogP contribution in [0.25, 0.3) is 0 Å². The van der Waals surface area contributed by atoms with Gasteiger partial charge >= 0.3 is 0 Å². The molecule has 1 atom stereocenters. The van der Waals surface area contributed by atoms with Crippen molar-refractivity contribution in [3.8, 4) is 0 Å². The lowest BCUT2D eigenvalue weighted by molar-refractivity contribution is 0.146. The quantitative estimate of drug-likeness (QED) is 0.836. The van der Waals surface area contributed by atoms with E-state index in [-0.39, 0.29) is 6.10 Å². The molecule has 2 nitrogen and oxygen atoms in total. The van der Waals surface area contributed by atoms with Gasteiger partial charge in [0.2, 0.25) is 0 Å². The molecule has 0 saturated heterocycles. The SMILES string of the molecule is Cc1cc(C)cc(C(O)CCN(C)CC(C)C)c1. The molecule has 1 N–H and O–H groups in total. The topological polar surface area (TPSA) is 23.5 Å². The van der Waals surface area contributed by atoms with Crippen LogP contribution in [0.5, 0.6) is 0 Å². The van der Waals surface area contributed by atoms with Crippen molar-refractivity contribution in [2.75, 3.05) is 20.1 Å². The Labute approximate surface area is 112 Å². The molecule has 0 aliphatic carbocycles. The molecule has 0 aromatic heterocycles. The van der Waals surface area contributed by atoms with E-state index in [9.17, 15) is 5.11 Å². The molecular formula is C16H27NO. The van der Waals surface area contributed by atoms with Gasteiger partial charge in [-0.1, -0.05) is 43.2 Å². The van der Waals surface area contributed by atoms with Crippen molar-refractivity contribution in [3.63, 3.8) is 0 Å². The van der Waals surface area contributed by atoms with E-state index in [2.05, 4.69) is 57.8 Å². The molecular weight excluding hydrogens is 222 g/mol. The second-order valence-corrected chi connectivity index (χ2v) is 5.88. The van der Waals surface area contributed by atoms with Crippen LogP contribution in [0, 0.1) is 19.8 Å². The number of aliphatic hydroxyl groups excluding tert-OH is 1. The third-order valence-corrected chi connectivity index (χ3v) is 3.09. The van der Waals surface area contributed by atoms with Crippen LogP contribution in [-0.4, -0.2) is 30.1 Å². The summed E-state index contributed by atoms with van der Waals surface area (Å²) in [6.07, 6.45) is 0.449. The average Bonchev–Trinajstić information content (AvgIpc) is 2.23. The first-order chi connectivity index (χ1) is 8.38. The predicted octanol–water partition coefficient (Wildman–Crippen LogP) is 3.31. The second kappa shape index (κ2) is 6.91. The summed E-state index contributed by atoms with van der Waals surface area (Å²) in [5, 5.41) is 10.2. The zero-order valence-electron chi connectivity index (χ0n) is 12.4. The number of rotatable bonds is 6. The molecule has 1 rings (SSSR count). The van der Waals surface area contributed by atoms with Gasteiger partial charge in [-0.3, -0.25) is 0 Å². The first-order valence-electron chi connectivity index (χ1n) is 6.83. The van der Waals surface area contributed by atoms with E-state index in [1.807, 2.05) is 0 Å². The molecule has 1 aromatic rings. The van der Waals surface area contributed by atoms with Crippen LogP contribution in [0.4, 0.5) is 0 Å². The standard InChI is InChI=1S/C16H27NO/c1-12(2)11-17(5)7-6-16(18)15-9-13(3)8-14(4)10-15/h8-10,12,16,18H,6-7,11H2,1-5H3. The van der Waals surface area contributed by atoms with Crippen LogP contribution >= 0.6 is 0 Å². The maximum Gasteiger partial charge on any atom is 0.0802 e. The van der Waals surface area contributed by atoms with Crippen LogP contribution in [-0.2, 0) is 0 Å². The zero-order chi connectivity index (χ0) is 13.7. The highest BCUT2D eigenvalue weighted by Gasteiger charge is 2.10. The van der Waals surface area contributed by atoms with E-state index in [0.29, 0.717) is 5.92 Å². The highest BCUT2D eigenvalue weighted by Crippen LogP contribution is 2.20. The number of hydrogen-bond donors (Lipinski definition) is 1. The molecule has 0 heterocycles. The summed E-state index contributed by atoms with van der Waals surface area (Å²) < 4.78 is 0. The number of benzene rings is 1. The Morgan fingerprint density at radius 2 is 1.67 bits per heavy atom. The number of aliphatic hydroxyl groups is 1. The molecule has 0 aliphatic rings. The minimum absolute atomic E-state index is 0.349. The molecule has 0 spiro atoms. The van der Waals surface area contributed by atoms with E-state index in [0.717, 1.165) is 25.1 Å². The van der Waals surface area contributed by atoms with E-state index in [1.54, 1.807) is 0 Å². The first-order valence-corrected chi connectivity index (χ1v) is 6.83. The van der Waals surface area contributed by atoms with E-state index < -0.39 is 0 Å². The maximum atomic E-state index is 10.2. The van der Waals surface area contributed by atoms with Crippen molar-refractivity contribution >= 4 is 0 Å². The highest BCUT2D eigenvalue weighted by atomic mass is 16.3. The van der Waals surface area contributed by atoms with Crippen LogP contribution in [0.3, 0.4) is 0 Å². The summed E-state index contributed by atoms with van der Waals surface area (Å²) in [5.74, 6) is 0.674. The smallest absolute Gasteiger partial charge is 0.0802 e. The third kappa shape index (κ3) is 5.19. The van der Waals surface area contributed by atoms with E-state index >= 15 is 0 Å². The second-order valence-electron chi connectivity index (χ2n) is 5.88. The lowest BCUT2D eigenvalue weighted by atomic mass is 10.0. The van der Waals surface area contributed by atoms with Crippen molar-refractivity contribution in [3.05, 3.63) is 34.9 Å². The molecule has 0 fully saturated rings. The fraction of sp³-hybridized carbons (Fsp3) is 0.625. The van der Waals surface area contributed by atoms with Crippen molar-refractivity contribution in [2.45, 2.75) is 40.2 Å². The van der Waals surface area contributed by atoms with Gasteiger partial charge in [-0.25, -0.2) is 0 Å². The van der Waals surface area contributed by atoms with Gasteiger partial charge in [-0.05, 0) is 38.8 Å². The molecule has 0 aliphatic heterocycles. The van der Waals surface area contributed by atoms with Crippen molar-refractivity contribution in [1.82, 2.24) is 4.90 Å². The lowest BCUT2D eigenvalue weighted by Crippen LogP contribution is -2.25. The zero-order valence-corrected chi connectivity index (χ0v) is 12.4. The summed E-state index contributed by atoms with van der Waals surface area (Å²) in [7, 11) is 2.12. The molecule has 0 bridgehead atoms. The Morgan fingerprint density at radius 1 is 1.11 bits per heavy atom. The molecule has 0 saturated carbocycles. The number of hydrogen-bond acceptors (Lipinski definition) is 2. The van der Waals surface area contributed by atoms with Crippen LogP contribution in [0.15, 0.2) is 18.2 Å². The first kappa shape index (κ1) is 15.2. The van der Waals surface area contributed by atoms with Crippen molar-refractivity contribution in [2.24, 2.45) is 5.92 Å². The number of nitrogens with zero attached hydrogens (tertiary/aromatic N) is 1. The van der Waals surface area contributed by atoms with Gasteiger partial charge in [0.25, 0.3) is 0 Å². The van der Waals surface area contributed by atoms with Gasteiger partial charge in [0.1, 0.15) is 0 Å². The molecule has 1 unspecified atom stereocenters. The predicted molar refractivity (Wildman–Crippen MR) is 77.8 cm³/mol. The van der Waals surface area contributed by atoms with E-state index in [4.69, 9.17) is 0 Å². The monoisotopic (exact) mass is 249 g/mol. The Kier molecular flexibility index (Phi) is 5.83. The maximum absolute atomic E-state index is 10.2. The average molecular weight is 249 g/mol. The minimum atomic E-state index is -0.349. The van der Waals surface area contributed by atoms with Gasteiger partial charge in [-0.2, -0.15) is 0 Å². The Bertz CT molecular complexity index is 353. The largest absolute Gasteiger partial charge is 0.388 e. The normalized spacial score (nSPS) is 13.3. The Balaban J connectivity index is 2.52. The molecule has 1 aromatic carbocycles. The van der Waals surface area contributed by atoms with Gasteiger partial charge in [-0.15, -0.1) is 0 Å². The Morgan fingerprint density at radius 3 is 2.17 bits per heavy atom. The Hall–Kier alpha value is -0.860. The molecule has 0 amide bonds. The molecule has 2 heteroatoms. The fourth-order valence-corrected chi connectivity index (χ4v) is 2.43. The van der Waals surface area contributed by atoms with Crippen molar-refractivity contribution < 1.29 is 5.11 Å².